The van der Waals surface area contributed by atoms with Crippen molar-refractivity contribution in [2.45, 2.75) is 59.3 Å². The molecule has 0 aromatic carbocycles. The molecule has 0 saturated carbocycles. The SMILES string of the molecule is CCCCC(CCCC)(C(C)=O)C(=O)OC. The Kier molecular flexibility index (Phi) is 7.02. The standard InChI is InChI=1S/C13H24O3/c1-5-7-9-13(11(3)14,10-8-6-2)12(15)16-4/h5-10H2,1-4H3. The number of Topliss-reactive ketones (excluding diaryl/α,β-unsaturated/α-hetero) is 1. The van der Waals surface area contributed by atoms with Crippen LogP contribution in [-0.4, -0.2) is 18.9 Å². The average molecular weight is 228 g/mol. The van der Waals surface area contributed by atoms with Gasteiger partial charge in [0.25, 0.3) is 0 Å². The molecule has 0 unspecified atom stereocenters. The molecule has 0 aromatic rings. The molecule has 0 rings (SSSR count). The molecule has 0 bridgehead atoms. The number of unbranched alkanes of at least 4 members (excludes halogenated alkanes) is 2. The van der Waals surface area contributed by atoms with Crippen molar-refractivity contribution >= 4 is 11.8 Å². The summed E-state index contributed by atoms with van der Waals surface area (Å²) in [4.78, 5) is 23.6. The third-order valence-electron chi connectivity index (χ3n) is 3.16. The van der Waals surface area contributed by atoms with Gasteiger partial charge in [0.15, 0.2) is 0 Å². The molecule has 3 heteroatoms. The summed E-state index contributed by atoms with van der Waals surface area (Å²) in [6.45, 7) is 5.62. The van der Waals surface area contributed by atoms with E-state index >= 15 is 0 Å². The monoisotopic (exact) mass is 228 g/mol. The zero-order chi connectivity index (χ0) is 12.6. The molecule has 0 aliphatic rings. The van der Waals surface area contributed by atoms with E-state index in [2.05, 4.69) is 13.8 Å². The molecule has 0 aromatic heterocycles. The van der Waals surface area contributed by atoms with Crippen molar-refractivity contribution in [1.82, 2.24) is 0 Å². The molecule has 0 fully saturated rings. The van der Waals surface area contributed by atoms with E-state index in [1.54, 1.807) is 0 Å². The van der Waals surface area contributed by atoms with E-state index in [1.807, 2.05) is 0 Å². The molecule has 0 N–H and O–H groups in total. The van der Waals surface area contributed by atoms with Gasteiger partial charge in [-0.3, -0.25) is 9.59 Å². The van der Waals surface area contributed by atoms with Crippen LogP contribution in [0.3, 0.4) is 0 Å². The Morgan fingerprint density at radius 2 is 1.50 bits per heavy atom. The summed E-state index contributed by atoms with van der Waals surface area (Å²) in [6, 6.07) is 0. The average Bonchev–Trinajstić information content (AvgIpc) is 2.28. The number of ether oxygens (including phenoxy) is 1. The Hall–Kier alpha value is -0.860. The normalized spacial score (nSPS) is 11.2. The first-order valence-electron chi connectivity index (χ1n) is 6.14. The third-order valence-corrected chi connectivity index (χ3v) is 3.16. The lowest BCUT2D eigenvalue weighted by Crippen LogP contribution is -2.39. The quantitative estimate of drug-likeness (QED) is 0.473. The highest BCUT2D eigenvalue weighted by molar-refractivity contribution is 6.02. The Bertz CT molecular complexity index is 225. The van der Waals surface area contributed by atoms with Crippen molar-refractivity contribution in [3.05, 3.63) is 0 Å². The molecule has 0 aliphatic carbocycles. The maximum atomic E-state index is 11.8. The molecule has 0 radical (unpaired) electrons. The van der Waals surface area contributed by atoms with Gasteiger partial charge in [-0.05, 0) is 19.8 Å². The van der Waals surface area contributed by atoms with Gasteiger partial charge in [-0.15, -0.1) is 0 Å². The second-order valence-electron chi connectivity index (χ2n) is 4.34. The molecule has 0 heterocycles. The van der Waals surface area contributed by atoms with E-state index in [4.69, 9.17) is 4.74 Å². The smallest absolute Gasteiger partial charge is 0.319 e. The molecule has 3 nitrogen and oxygen atoms in total. The lowest BCUT2D eigenvalue weighted by atomic mass is 9.75. The van der Waals surface area contributed by atoms with E-state index in [0.29, 0.717) is 12.8 Å². The van der Waals surface area contributed by atoms with Crippen molar-refractivity contribution in [3.63, 3.8) is 0 Å². The Balaban J connectivity index is 4.88. The fourth-order valence-electron chi connectivity index (χ4n) is 1.98. The van der Waals surface area contributed by atoms with Gasteiger partial charge in [-0.1, -0.05) is 39.5 Å². The van der Waals surface area contributed by atoms with E-state index < -0.39 is 5.41 Å². The highest BCUT2D eigenvalue weighted by atomic mass is 16.5. The number of hydrogen-bond acceptors (Lipinski definition) is 3. The topological polar surface area (TPSA) is 43.4 Å². The molecule has 0 spiro atoms. The lowest BCUT2D eigenvalue weighted by Gasteiger charge is -2.28. The maximum Gasteiger partial charge on any atom is 0.319 e. The first-order chi connectivity index (χ1) is 7.55. The molecule has 0 atom stereocenters. The van der Waals surface area contributed by atoms with Gasteiger partial charge in [0.05, 0.1) is 7.11 Å². The number of hydrogen-bond donors (Lipinski definition) is 0. The van der Waals surface area contributed by atoms with Crippen LogP contribution in [-0.2, 0) is 14.3 Å². The fourth-order valence-corrected chi connectivity index (χ4v) is 1.98. The highest BCUT2D eigenvalue weighted by Gasteiger charge is 2.42. The lowest BCUT2D eigenvalue weighted by molar-refractivity contribution is -0.158. The number of carbonyl (C=O) groups is 2. The van der Waals surface area contributed by atoms with E-state index in [0.717, 1.165) is 25.7 Å². The molecule has 16 heavy (non-hydrogen) atoms. The summed E-state index contributed by atoms with van der Waals surface area (Å²) >= 11 is 0. The fraction of sp³-hybridized carbons (Fsp3) is 0.846. The van der Waals surface area contributed by atoms with Crippen LogP contribution in [0.15, 0.2) is 0 Å². The summed E-state index contributed by atoms with van der Waals surface area (Å²) in [7, 11) is 1.36. The summed E-state index contributed by atoms with van der Waals surface area (Å²) in [5.74, 6) is -0.414. The predicted octanol–water partition coefficient (Wildman–Crippen LogP) is 3.12. The predicted molar refractivity (Wildman–Crippen MR) is 64.2 cm³/mol. The minimum Gasteiger partial charge on any atom is -0.468 e. The highest BCUT2D eigenvalue weighted by Crippen LogP contribution is 2.33. The molecule has 94 valence electrons. The zero-order valence-corrected chi connectivity index (χ0v) is 11.0. The summed E-state index contributed by atoms with van der Waals surface area (Å²) in [5, 5.41) is 0. The largest absolute Gasteiger partial charge is 0.468 e. The molecule has 0 aliphatic heterocycles. The minimum atomic E-state index is -0.888. The van der Waals surface area contributed by atoms with Crippen LogP contribution in [0, 0.1) is 5.41 Å². The summed E-state index contributed by atoms with van der Waals surface area (Å²) < 4.78 is 4.81. The Morgan fingerprint density at radius 1 is 1.06 bits per heavy atom. The van der Waals surface area contributed by atoms with Crippen molar-refractivity contribution < 1.29 is 14.3 Å². The molecular weight excluding hydrogens is 204 g/mol. The van der Waals surface area contributed by atoms with Crippen LogP contribution in [0.4, 0.5) is 0 Å². The first-order valence-corrected chi connectivity index (χ1v) is 6.14. The van der Waals surface area contributed by atoms with Crippen LogP contribution in [0.2, 0.25) is 0 Å². The number of methoxy groups -OCH3 is 1. The van der Waals surface area contributed by atoms with Crippen molar-refractivity contribution in [1.29, 1.82) is 0 Å². The molecule has 0 saturated heterocycles. The number of esters is 1. The van der Waals surface area contributed by atoms with E-state index in [9.17, 15) is 9.59 Å². The Morgan fingerprint density at radius 3 is 1.75 bits per heavy atom. The zero-order valence-electron chi connectivity index (χ0n) is 11.0. The number of carbonyl (C=O) groups excluding carboxylic acids is 2. The van der Waals surface area contributed by atoms with Gasteiger partial charge in [-0.2, -0.15) is 0 Å². The van der Waals surface area contributed by atoms with Crippen molar-refractivity contribution in [3.8, 4) is 0 Å². The number of ketones is 1. The van der Waals surface area contributed by atoms with Crippen LogP contribution >= 0.6 is 0 Å². The van der Waals surface area contributed by atoms with Crippen LogP contribution in [0.5, 0.6) is 0 Å². The van der Waals surface area contributed by atoms with E-state index in [-0.39, 0.29) is 11.8 Å². The molecular formula is C13H24O3. The van der Waals surface area contributed by atoms with Gasteiger partial charge >= 0.3 is 5.97 Å². The van der Waals surface area contributed by atoms with Gasteiger partial charge in [0.1, 0.15) is 11.2 Å². The number of rotatable bonds is 8. The summed E-state index contributed by atoms with van der Waals surface area (Å²) in [5.41, 5.74) is -0.888. The summed E-state index contributed by atoms with van der Waals surface area (Å²) in [6.07, 6.45) is 4.98. The first kappa shape index (κ1) is 15.1. The maximum absolute atomic E-state index is 11.8. The van der Waals surface area contributed by atoms with Gasteiger partial charge in [-0.25, -0.2) is 0 Å². The van der Waals surface area contributed by atoms with Crippen LogP contribution in [0.25, 0.3) is 0 Å². The Labute approximate surface area is 98.6 Å². The van der Waals surface area contributed by atoms with E-state index in [1.165, 1.54) is 14.0 Å². The van der Waals surface area contributed by atoms with Crippen molar-refractivity contribution in [2.24, 2.45) is 5.41 Å². The minimum absolute atomic E-state index is 0.0544. The van der Waals surface area contributed by atoms with Crippen LogP contribution < -0.4 is 0 Å². The second-order valence-corrected chi connectivity index (χ2v) is 4.34. The second kappa shape index (κ2) is 7.42. The van der Waals surface area contributed by atoms with Gasteiger partial charge < -0.3 is 4.74 Å². The molecule has 0 amide bonds. The van der Waals surface area contributed by atoms with Crippen molar-refractivity contribution in [2.75, 3.05) is 7.11 Å². The van der Waals surface area contributed by atoms with Gasteiger partial charge in [0.2, 0.25) is 0 Å². The third kappa shape index (κ3) is 3.62. The van der Waals surface area contributed by atoms with Crippen LogP contribution in [0.1, 0.15) is 59.3 Å². The van der Waals surface area contributed by atoms with Gasteiger partial charge in [0, 0.05) is 0 Å².